The van der Waals surface area contributed by atoms with Crippen LogP contribution in [0.3, 0.4) is 0 Å². The van der Waals surface area contributed by atoms with E-state index in [4.69, 9.17) is 0 Å². The zero-order valence-corrected chi connectivity index (χ0v) is 13.3. The Labute approximate surface area is 123 Å². The summed E-state index contributed by atoms with van der Waals surface area (Å²) in [6.07, 6.45) is -0.442. The molecule has 4 nitrogen and oxygen atoms in total. The molecule has 114 valence electrons. The van der Waals surface area contributed by atoms with Gasteiger partial charge in [-0.2, -0.15) is 0 Å². The highest BCUT2D eigenvalue weighted by atomic mass is 16.3. The minimum absolute atomic E-state index is 0.442. The summed E-state index contributed by atoms with van der Waals surface area (Å²) in [7, 11) is 4.03. The number of nitrogens with one attached hydrogen (secondary N) is 1. The average molecular weight is 279 g/mol. The maximum atomic E-state index is 10.1. The molecule has 2 N–H and O–H groups in total. The molecule has 0 aliphatic heterocycles. The number of aliphatic hydroxyl groups excluding tert-OH is 1. The number of hydrogen-bond donors (Lipinski definition) is 2. The minimum atomic E-state index is -0.442. The molecule has 20 heavy (non-hydrogen) atoms. The van der Waals surface area contributed by atoms with Crippen molar-refractivity contribution in [3.63, 3.8) is 0 Å². The molecular formula is C16H29N3O. The second-order valence-electron chi connectivity index (χ2n) is 5.23. The van der Waals surface area contributed by atoms with Crippen LogP contribution in [0.2, 0.25) is 0 Å². The summed E-state index contributed by atoms with van der Waals surface area (Å²) >= 11 is 0. The highest BCUT2D eigenvalue weighted by molar-refractivity contribution is 5.46. The zero-order chi connectivity index (χ0) is 15.0. The molecule has 0 amide bonds. The first kappa shape index (κ1) is 17.0. The Bertz CT molecular complexity index is 360. The van der Waals surface area contributed by atoms with Gasteiger partial charge in [-0.05, 0) is 30.8 Å². The van der Waals surface area contributed by atoms with Crippen molar-refractivity contribution in [1.29, 1.82) is 0 Å². The summed E-state index contributed by atoms with van der Waals surface area (Å²) in [4.78, 5) is 4.42. The van der Waals surface area contributed by atoms with E-state index in [1.165, 1.54) is 0 Å². The Hall–Kier alpha value is -1.10. The van der Waals surface area contributed by atoms with E-state index in [-0.39, 0.29) is 0 Å². The highest BCUT2D eigenvalue weighted by Gasteiger charge is 2.07. The van der Waals surface area contributed by atoms with Crippen molar-refractivity contribution >= 4 is 5.69 Å². The summed E-state index contributed by atoms with van der Waals surface area (Å²) in [5, 5.41) is 13.5. The van der Waals surface area contributed by atoms with E-state index in [9.17, 15) is 5.11 Å². The van der Waals surface area contributed by atoms with Crippen LogP contribution < -0.4 is 10.2 Å². The summed E-state index contributed by atoms with van der Waals surface area (Å²) in [6, 6.07) is 8.06. The van der Waals surface area contributed by atoms with E-state index < -0.39 is 6.10 Å². The molecule has 4 heteroatoms. The first-order chi connectivity index (χ1) is 9.58. The van der Waals surface area contributed by atoms with Gasteiger partial charge < -0.3 is 20.2 Å². The molecule has 1 unspecified atom stereocenters. The van der Waals surface area contributed by atoms with Gasteiger partial charge >= 0.3 is 0 Å². The molecule has 0 saturated heterocycles. The molecular weight excluding hydrogens is 250 g/mol. The van der Waals surface area contributed by atoms with E-state index in [0.717, 1.165) is 37.4 Å². The van der Waals surface area contributed by atoms with Crippen molar-refractivity contribution in [2.24, 2.45) is 0 Å². The van der Waals surface area contributed by atoms with E-state index in [1.54, 1.807) is 0 Å². The largest absolute Gasteiger partial charge is 0.387 e. The lowest BCUT2D eigenvalue weighted by Gasteiger charge is -2.19. The van der Waals surface area contributed by atoms with Crippen LogP contribution in [0.5, 0.6) is 0 Å². The molecule has 0 fully saturated rings. The van der Waals surface area contributed by atoms with Crippen LogP contribution >= 0.6 is 0 Å². The number of hydrogen-bond acceptors (Lipinski definition) is 4. The van der Waals surface area contributed by atoms with Crippen molar-refractivity contribution in [3.05, 3.63) is 29.8 Å². The van der Waals surface area contributed by atoms with Crippen LogP contribution in [0.4, 0.5) is 5.69 Å². The third-order valence-corrected chi connectivity index (χ3v) is 3.63. The second kappa shape index (κ2) is 8.95. The summed E-state index contributed by atoms with van der Waals surface area (Å²) < 4.78 is 0. The molecule has 0 saturated carbocycles. The van der Waals surface area contributed by atoms with Gasteiger partial charge in [0, 0.05) is 39.4 Å². The molecule has 1 atom stereocenters. The van der Waals surface area contributed by atoms with Gasteiger partial charge in [0.2, 0.25) is 0 Å². The number of rotatable bonds is 9. The first-order valence-corrected chi connectivity index (χ1v) is 7.46. The smallest absolute Gasteiger partial charge is 0.0914 e. The maximum absolute atomic E-state index is 10.1. The molecule has 0 aromatic heterocycles. The monoisotopic (exact) mass is 279 g/mol. The fraction of sp³-hybridized carbons (Fsp3) is 0.625. The van der Waals surface area contributed by atoms with E-state index >= 15 is 0 Å². The molecule has 1 aromatic rings. The second-order valence-corrected chi connectivity index (χ2v) is 5.23. The zero-order valence-electron chi connectivity index (χ0n) is 13.3. The van der Waals surface area contributed by atoms with Gasteiger partial charge in [0.1, 0.15) is 0 Å². The SMILES string of the molecule is CCN(CC)CCNCC(O)c1ccc(N(C)C)cc1. The van der Waals surface area contributed by atoms with Crippen molar-refractivity contribution in [2.45, 2.75) is 20.0 Å². The number of anilines is 1. The predicted octanol–water partition coefficient (Wildman–Crippen LogP) is 1.72. The third-order valence-electron chi connectivity index (χ3n) is 3.63. The lowest BCUT2D eigenvalue weighted by molar-refractivity contribution is 0.172. The fourth-order valence-electron chi connectivity index (χ4n) is 2.13. The Morgan fingerprint density at radius 1 is 1.10 bits per heavy atom. The van der Waals surface area contributed by atoms with Gasteiger partial charge in [0.05, 0.1) is 6.10 Å². The van der Waals surface area contributed by atoms with Crippen LogP contribution in [-0.4, -0.2) is 56.8 Å². The van der Waals surface area contributed by atoms with Gasteiger partial charge in [-0.1, -0.05) is 26.0 Å². The van der Waals surface area contributed by atoms with Crippen molar-refractivity contribution in [3.8, 4) is 0 Å². The number of likely N-dealkylation sites (N-methyl/N-ethyl adjacent to an activating group) is 1. The molecule has 1 aromatic carbocycles. The van der Waals surface area contributed by atoms with Crippen LogP contribution in [0.1, 0.15) is 25.5 Å². The molecule has 0 bridgehead atoms. The van der Waals surface area contributed by atoms with Gasteiger partial charge in [-0.3, -0.25) is 0 Å². The minimum Gasteiger partial charge on any atom is -0.387 e. The molecule has 0 radical (unpaired) electrons. The standard InChI is InChI=1S/C16H29N3O/c1-5-19(6-2)12-11-17-13-16(20)14-7-9-15(10-8-14)18(3)4/h7-10,16-17,20H,5-6,11-13H2,1-4H3. The average Bonchev–Trinajstić information content (AvgIpc) is 2.47. The first-order valence-electron chi connectivity index (χ1n) is 7.46. The van der Waals surface area contributed by atoms with E-state index in [1.807, 2.05) is 38.4 Å². The number of benzene rings is 1. The fourth-order valence-corrected chi connectivity index (χ4v) is 2.13. The van der Waals surface area contributed by atoms with Gasteiger partial charge in [0.25, 0.3) is 0 Å². The lowest BCUT2D eigenvalue weighted by Crippen LogP contribution is -2.33. The topological polar surface area (TPSA) is 38.7 Å². The predicted molar refractivity (Wildman–Crippen MR) is 86.4 cm³/mol. The maximum Gasteiger partial charge on any atom is 0.0914 e. The van der Waals surface area contributed by atoms with Gasteiger partial charge in [0.15, 0.2) is 0 Å². The quantitative estimate of drug-likeness (QED) is 0.675. The Kier molecular flexibility index (Phi) is 7.59. The normalized spacial score (nSPS) is 12.7. The van der Waals surface area contributed by atoms with E-state index in [0.29, 0.717) is 6.54 Å². The number of aliphatic hydroxyl groups is 1. The Morgan fingerprint density at radius 2 is 1.70 bits per heavy atom. The molecule has 0 aliphatic rings. The Balaban J connectivity index is 2.33. The Morgan fingerprint density at radius 3 is 2.20 bits per heavy atom. The van der Waals surface area contributed by atoms with Crippen molar-refractivity contribution < 1.29 is 5.11 Å². The third kappa shape index (κ3) is 5.49. The van der Waals surface area contributed by atoms with Crippen LogP contribution in [0.25, 0.3) is 0 Å². The van der Waals surface area contributed by atoms with Crippen LogP contribution in [0.15, 0.2) is 24.3 Å². The summed E-state index contributed by atoms with van der Waals surface area (Å²) in [5.41, 5.74) is 2.11. The molecule has 0 spiro atoms. The van der Waals surface area contributed by atoms with Crippen molar-refractivity contribution in [2.75, 3.05) is 51.7 Å². The summed E-state index contributed by atoms with van der Waals surface area (Å²) in [5.74, 6) is 0. The summed E-state index contributed by atoms with van der Waals surface area (Å²) in [6.45, 7) is 9.03. The van der Waals surface area contributed by atoms with Gasteiger partial charge in [-0.25, -0.2) is 0 Å². The number of nitrogens with zero attached hydrogens (tertiary/aromatic N) is 2. The van der Waals surface area contributed by atoms with Crippen LogP contribution in [-0.2, 0) is 0 Å². The molecule has 0 aliphatic carbocycles. The van der Waals surface area contributed by atoms with Crippen molar-refractivity contribution in [1.82, 2.24) is 10.2 Å². The highest BCUT2D eigenvalue weighted by Crippen LogP contribution is 2.17. The van der Waals surface area contributed by atoms with Gasteiger partial charge in [-0.15, -0.1) is 0 Å². The molecule has 0 heterocycles. The molecule has 1 rings (SSSR count). The van der Waals surface area contributed by atoms with E-state index in [2.05, 4.69) is 29.0 Å². The lowest BCUT2D eigenvalue weighted by atomic mass is 10.1. The van der Waals surface area contributed by atoms with Crippen LogP contribution in [0, 0.1) is 0 Å².